The van der Waals surface area contributed by atoms with Crippen LogP contribution < -0.4 is 0 Å². The van der Waals surface area contributed by atoms with Gasteiger partial charge in [-0.2, -0.15) is 0 Å². The number of rotatable bonds is 1. The molecular weight excluding hydrogens is 140 g/mol. The molecule has 0 atom stereocenters. The van der Waals surface area contributed by atoms with Crippen LogP contribution in [0, 0.1) is 0 Å². The summed E-state index contributed by atoms with van der Waals surface area (Å²) >= 11 is 1.77. The van der Waals surface area contributed by atoms with Crippen molar-refractivity contribution in [1.29, 1.82) is 0 Å². The van der Waals surface area contributed by atoms with E-state index in [1.54, 1.807) is 11.8 Å². The summed E-state index contributed by atoms with van der Waals surface area (Å²) in [6.07, 6.45) is 2.08. The molecule has 0 saturated carbocycles. The Balaban J connectivity index is -0.000000213. The number of thioether (sulfide) groups is 1. The molecule has 0 spiro atoms. The van der Waals surface area contributed by atoms with Crippen LogP contribution in [0.4, 0.5) is 0 Å². The Kier molecular flexibility index (Phi) is 5.34. The van der Waals surface area contributed by atoms with E-state index in [1.165, 1.54) is 4.90 Å². The number of hydrogen-bond donors (Lipinski definition) is 0. The van der Waals surface area contributed by atoms with E-state index >= 15 is 0 Å². The summed E-state index contributed by atoms with van der Waals surface area (Å²) in [7, 11) is 0. The van der Waals surface area contributed by atoms with Gasteiger partial charge >= 0.3 is 23.1 Å². The van der Waals surface area contributed by atoms with Gasteiger partial charge in [0.1, 0.15) is 0 Å². The van der Waals surface area contributed by atoms with Crippen molar-refractivity contribution in [3.05, 3.63) is 30.3 Å². The molecule has 2 heteroatoms. The van der Waals surface area contributed by atoms with E-state index in [-0.39, 0.29) is 25.9 Å². The van der Waals surface area contributed by atoms with Gasteiger partial charge in [-0.1, -0.05) is 18.2 Å². The molecule has 1 aromatic carbocycles. The standard InChI is InChI=1S/C7H8S.Mg.2H/c1-8-7-5-3-2-4-6-7;;;/h2-6H,1H3;;;/q;+2;2*-1. The van der Waals surface area contributed by atoms with Crippen molar-refractivity contribution in [1.82, 2.24) is 0 Å². The minimum atomic E-state index is 0. The van der Waals surface area contributed by atoms with Crippen LogP contribution in [0.5, 0.6) is 0 Å². The molecule has 9 heavy (non-hydrogen) atoms. The predicted molar refractivity (Wildman–Crippen MR) is 46.2 cm³/mol. The van der Waals surface area contributed by atoms with E-state index < -0.39 is 0 Å². The van der Waals surface area contributed by atoms with E-state index in [0.29, 0.717) is 0 Å². The largest absolute Gasteiger partial charge is 2.00 e. The molecule has 0 fully saturated rings. The summed E-state index contributed by atoms with van der Waals surface area (Å²) < 4.78 is 0. The van der Waals surface area contributed by atoms with Gasteiger partial charge in [0, 0.05) is 4.90 Å². The molecule has 0 radical (unpaired) electrons. The smallest absolute Gasteiger partial charge is 1.00 e. The molecule has 0 aliphatic rings. The predicted octanol–water partition coefficient (Wildman–Crippen LogP) is 2.25. The van der Waals surface area contributed by atoms with Crippen LogP contribution in [0.25, 0.3) is 0 Å². The van der Waals surface area contributed by atoms with Gasteiger partial charge in [0.15, 0.2) is 0 Å². The van der Waals surface area contributed by atoms with Crippen molar-refractivity contribution in [2.24, 2.45) is 0 Å². The summed E-state index contributed by atoms with van der Waals surface area (Å²) in [5.74, 6) is 0. The van der Waals surface area contributed by atoms with Gasteiger partial charge in [-0.25, -0.2) is 0 Å². The first-order valence-electron chi connectivity index (χ1n) is 2.52. The first-order valence-corrected chi connectivity index (χ1v) is 3.75. The van der Waals surface area contributed by atoms with Crippen molar-refractivity contribution in [3.8, 4) is 0 Å². The molecule has 1 rings (SSSR count). The number of hydrogen-bond acceptors (Lipinski definition) is 1. The second kappa shape index (κ2) is 5.15. The van der Waals surface area contributed by atoms with E-state index in [9.17, 15) is 0 Å². The van der Waals surface area contributed by atoms with E-state index in [1.807, 2.05) is 18.2 Å². The third kappa shape index (κ3) is 3.13. The maximum Gasteiger partial charge on any atom is 2.00 e. The Labute approximate surface area is 79.2 Å². The summed E-state index contributed by atoms with van der Waals surface area (Å²) in [4.78, 5) is 1.33. The molecule has 0 nitrogen and oxygen atoms in total. The van der Waals surface area contributed by atoms with Crippen LogP contribution in [-0.4, -0.2) is 29.3 Å². The van der Waals surface area contributed by atoms with Gasteiger partial charge in [0.2, 0.25) is 0 Å². The Morgan fingerprint density at radius 2 is 1.78 bits per heavy atom. The van der Waals surface area contributed by atoms with Gasteiger partial charge in [-0.15, -0.1) is 11.8 Å². The molecule has 0 unspecified atom stereocenters. The van der Waals surface area contributed by atoms with Crippen molar-refractivity contribution in [2.75, 3.05) is 6.26 Å². The summed E-state index contributed by atoms with van der Waals surface area (Å²) in [6, 6.07) is 10.3. The van der Waals surface area contributed by atoms with Gasteiger partial charge in [0.25, 0.3) is 0 Å². The Bertz CT molecular complexity index is 158. The average Bonchev–Trinajstić information content (AvgIpc) is 1.90. The summed E-state index contributed by atoms with van der Waals surface area (Å²) in [6.45, 7) is 0. The topological polar surface area (TPSA) is 0 Å². The molecule has 0 aromatic heterocycles. The SMILES string of the molecule is CSc1ccccc1.[H-].[H-].[Mg+2]. The molecule has 0 N–H and O–H groups in total. The van der Waals surface area contributed by atoms with Gasteiger partial charge < -0.3 is 2.85 Å². The van der Waals surface area contributed by atoms with Crippen molar-refractivity contribution >= 4 is 34.8 Å². The van der Waals surface area contributed by atoms with Gasteiger partial charge in [0.05, 0.1) is 0 Å². The van der Waals surface area contributed by atoms with Crippen LogP contribution in [0.1, 0.15) is 2.85 Å². The molecule has 0 aliphatic carbocycles. The number of benzene rings is 1. The van der Waals surface area contributed by atoms with Crippen molar-refractivity contribution < 1.29 is 2.85 Å². The Hall–Kier alpha value is 0.336. The van der Waals surface area contributed by atoms with Gasteiger partial charge in [-0.3, -0.25) is 0 Å². The molecule has 46 valence electrons. The summed E-state index contributed by atoms with van der Waals surface area (Å²) in [5, 5.41) is 0. The van der Waals surface area contributed by atoms with Crippen LogP contribution in [0.2, 0.25) is 0 Å². The zero-order valence-corrected chi connectivity index (χ0v) is 7.73. The maximum atomic E-state index is 2.10. The van der Waals surface area contributed by atoms with Crippen LogP contribution in [-0.2, 0) is 0 Å². The van der Waals surface area contributed by atoms with E-state index in [2.05, 4.69) is 18.4 Å². The minimum Gasteiger partial charge on any atom is -1.00 e. The zero-order valence-electron chi connectivity index (χ0n) is 7.50. The Morgan fingerprint density at radius 3 is 2.11 bits per heavy atom. The first-order chi connectivity index (χ1) is 3.93. The second-order valence-electron chi connectivity index (χ2n) is 1.52. The van der Waals surface area contributed by atoms with Crippen molar-refractivity contribution in [2.45, 2.75) is 4.90 Å². The van der Waals surface area contributed by atoms with Crippen LogP contribution >= 0.6 is 11.8 Å². The van der Waals surface area contributed by atoms with Crippen molar-refractivity contribution in [3.63, 3.8) is 0 Å². The minimum absolute atomic E-state index is 0. The maximum absolute atomic E-state index is 2.10. The third-order valence-corrected chi connectivity index (χ3v) is 1.72. The molecular formula is C7H10MgS. The Morgan fingerprint density at radius 1 is 1.22 bits per heavy atom. The second-order valence-corrected chi connectivity index (χ2v) is 2.40. The first kappa shape index (κ1) is 9.34. The van der Waals surface area contributed by atoms with E-state index in [0.717, 1.165) is 0 Å². The summed E-state index contributed by atoms with van der Waals surface area (Å²) in [5.41, 5.74) is 0. The molecule has 0 bridgehead atoms. The molecule has 1 aromatic rings. The third-order valence-electron chi connectivity index (χ3n) is 0.979. The molecule has 0 heterocycles. The van der Waals surface area contributed by atoms with E-state index in [4.69, 9.17) is 0 Å². The fourth-order valence-corrected chi connectivity index (χ4v) is 0.986. The fraction of sp³-hybridized carbons (Fsp3) is 0.143. The quantitative estimate of drug-likeness (QED) is 0.437. The normalized spacial score (nSPS) is 8.11. The molecule has 0 aliphatic heterocycles. The van der Waals surface area contributed by atoms with Crippen LogP contribution in [0.3, 0.4) is 0 Å². The molecule has 0 saturated heterocycles. The molecule has 0 amide bonds. The van der Waals surface area contributed by atoms with Gasteiger partial charge in [-0.05, 0) is 18.4 Å². The monoisotopic (exact) mass is 150 g/mol. The zero-order chi connectivity index (χ0) is 5.82. The fourth-order valence-electron chi connectivity index (χ4n) is 0.557. The van der Waals surface area contributed by atoms with Crippen LogP contribution in [0.15, 0.2) is 35.2 Å². The average molecular weight is 151 g/mol.